The fourth-order valence-corrected chi connectivity index (χ4v) is 4.30. The number of carboxylic acid groups (broad SMARTS) is 2. The molecule has 7 atom stereocenters. The van der Waals surface area contributed by atoms with Crippen molar-refractivity contribution in [1.29, 1.82) is 0 Å². The Kier molecular flexibility index (Phi) is 15.9. The first-order valence-corrected chi connectivity index (χ1v) is 13.9. The van der Waals surface area contributed by atoms with E-state index in [0.717, 1.165) is 6.92 Å². The normalized spacial score (nSPS) is 23.4. The van der Waals surface area contributed by atoms with Gasteiger partial charge in [-0.25, -0.2) is 4.79 Å². The van der Waals surface area contributed by atoms with E-state index in [1.165, 1.54) is 20.8 Å². The Labute approximate surface area is 253 Å². The highest BCUT2D eigenvalue weighted by Gasteiger charge is 2.47. The molecule has 17 nitrogen and oxygen atoms in total. The van der Waals surface area contributed by atoms with Crippen LogP contribution in [0.15, 0.2) is 0 Å². The molecular formula is C27H42N2O15. The second kappa shape index (κ2) is 18.2. The van der Waals surface area contributed by atoms with Gasteiger partial charge < -0.3 is 49.6 Å². The van der Waals surface area contributed by atoms with Crippen LogP contribution >= 0.6 is 0 Å². The van der Waals surface area contributed by atoms with E-state index in [0.29, 0.717) is 0 Å². The molecular weight excluding hydrogens is 592 g/mol. The van der Waals surface area contributed by atoms with Gasteiger partial charge in [-0.1, -0.05) is 6.92 Å². The van der Waals surface area contributed by atoms with E-state index in [9.17, 15) is 43.8 Å². The second-order valence-electron chi connectivity index (χ2n) is 10.4. The fraction of sp³-hybridized carbons (Fsp3) is 0.741. The van der Waals surface area contributed by atoms with Gasteiger partial charge in [-0.2, -0.15) is 0 Å². The highest BCUT2D eigenvalue weighted by Crippen LogP contribution is 2.30. The van der Waals surface area contributed by atoms with E-state index in [1.807, 2.05) is 0 Å². The number of rotatable bonds is 19. The second-order valence-corrected chi connectivity index (χ2v) is 10.4. The van der Waals surface area contributed by atoms with Gasteiger partial charge >= 0.3 is 23.9 Å². The molecule has 2 amide bonds. The lowest BCUT2D eigenvalue weighted by atomic mass is 9.84. The third-order valence-corrected chi connectivity index (χ3v) is 6.73. The number of aliphatic carboxylic acids is 2. The Morgan fingerprint density at radius 1 is 0.955 bits per heavy atom. The summed E-state index contributed by atoms with van der Waals surface area (Å²) in [4.78, 5) is 81.5. The standard InChI is InChI=1S/C27H42N2O15/c1-14-20(13-42-16(3)31)44-25(22(29-15(2)30)23(14)43-17(4)32)41-11-10-40-9-8-28-21(34)7-6-18(33)12-19(24(35)36)27(5,39)26(37)38/h14,19-20,22-23,25,39H,6-13H2,1-5H3,(H,28,34)(H,29,30)(H,35,36)(H,37,38). The highest BCUT2D eigenvalue weighted by atomic mass is 16.7. The minimum absolute atomic E-state index is 0.0312. The molecule has 250 valence electrons. The van der Waals surface area contributed by atoms with Crippen molar-refractivity contribution in [2.24, 2.45) is 11.8 Å². The van der Waals surface area contributed by atoms with E-state index in [4.69, 9.17) is 28.8 Å². The Hall–Kier alpha value is -3.67. The lowest BCUT2D eigenvalue weighted by Crippen LogP contribution is -2.63. The molecule has 17 heteroatoms. The van der Waals surface area contributed by atoms with Crippen molar-refractivity contribution in [2.45, 2.75) is 84.0 Å². The summed E-state index contributed by atoms with van der Waals surface area (Å²) < 4.78 is 27.6. The molecule has 0 spiro atoms. The van der Waals surface area contributed by atoms with Gasteiger partial charge in [0.15, 0.2) is 11.9 Å². The average Bonchev–Trinajstić information content (AvgIpc) is 2.91. The van der Waals surface area contributed by atoms with Crippen molar-refractivity contribution in [3.8, 4) is 0 Å². The zero-order valence-electron chi connectivity index (χ0n) is 25.4. The number of ether oxygens (including phenoxy) is 5. The Morgan fingerprint density at radius 2 is 1.61 bits per heavy atom. The van der Waals surface area contributed by atoms with Crippen molar-refractivity contribution < 1.29 is 72.6 Å². The maximum Gasteiger partial charge on any atom is 0.336 e. The van der Waals surface area contributed by atoms with Gasteiger partial charge in [0.05, 0.1) is 19.8 Å². The number of carbonyl (C=O) groups is 7. The number of carboxylic acids is 2. The molecule has 5 N–H and O–H groups in total. The van der Waals surface area contributed by atoms with Crippen LogP contribution in [0.25, 0.3) is 0 Å². The summed E-state index contributed by atoms with van der Waals surface area (Å²) in [5.74, 6) is -8.57. The molecule has 1 fully saturated rings. The van der Waals surface area contributed by atoms with E-state index in [-0.39, 0.29) is 45.8 Å². The minimum Gasteiger partial charge on any atom is -0.481 e. The molecule has 0 aliphatic carbocycles. The van der Waals surface area contributed by atoms with E-state index < -0.39 is 89.9 Å². The molecule has 0 saturated carbocycles. The van der Waals surface area contributed by atoms with Crippen LogP contribution in [0.1, 0.15) is 53.9 Å². The van der Waals surface area contributed by atoms with Crippen molar-refractivity contribution in [3.63, 3.8) is 0 Å². The number of Topliss-reactive ketones (excluding diaryl/α,β-unsaturated/α-hetero) is 1. The number of amides is 2. The minimum atomic E-state index is -2.66. The van der Waals surface area contributed by atoms with Gasteiger partial charge in [0, 0.05) is 52.5 Å². The van der Waals surface area contributed by atoms with E-state index >= 15 is 0 Å². The Balaban J connectivity index is 2.53. The van der Waals surface area contributed by atoms with Gasteiger partial charge in [-0.3, -0.25) is 28.8 Å². The molecule has 0 aromatic carbocycles. The third kappa shape index (κ3) is 12.9. The lowest BCUT2D eigenvalue weighted by Gasteiger charge is -2.44. The van der Waals surface area contributed by atoms with Crippen LogP contribution in [-0.4, -0.2) is 120 Å². The van der Waals surface area contributed by atoms with Crippen LogP contribution in [0.3, 0.4) is 0 Å². The molecule has 1 aliphatic heterocycles. The quantitative estimate of drug-likeness (QED) is 0.0824. The fourth-order valence-electron chi connectivity index (χ4n) is 4.30. The lowest BCUT2D eigenvalue weighted by molar-refractivity contribution is -0.261. The van der Waals surface area contributed by atoms with Crippen molar-refractivity contribution in [3.05, 3.63) is 0 Å². The number of esters is 2. The van der Waals surface area contributed by atoms with Crippen LogP contribution in [-0.2, 0) is 57.2 Å². The largest absolute Gasteiger partial charge is 0.481 e. The number of hydrogen-bond acceptors (Lipinski definition) is 13. The topological polar surface area (TPSA) is 250 Å². The van der Waals surface area contributed by atoms with E-state index in [1.54, 1.807) is 6.92 Å². The number of carbonyl (C=O) groups excluding carboxylic acids is 5. The molecule has 1 heterocycles. The Bertz CT molecular complexity index is 1050. The van der Waals surface area contributed by atoms with Crippen molar-refractivity contribution >= 4 is 41.5 Å². The summed E-state index contributed by atoms with van der Waals surface area (Å²) in [5, 5.41) is 33.3. The number of nitrogens with one attached hydrogen (secondary N) is 2. The average molecular weight is 635 g/mol. The molecule has 44 heavy (non-hydrogen) atoms. The van der Waals surface area contributed by atoms with Crippen LogP contribution in [0.4, 0.5) is 0 Å². The third-order valence-electron chi connectivity index (χ3n) is 6.73. The predicted octanol–water partition coefficient (Wildman–Crippen LogP) is -1.23. The number of aliphatic hydroxyl groups is 1. The van der Waals surface area contributed by atoms with Crippen molar-refractivity contribution in [2.75, 3.05) is 33.0 Å². The zero-order chi connectivity index (χ0) is 33.6. The molecule has 0 aromatic rings. The first-order valence-electron chi connectivity index (χ1n) is 13.9. The SMILES string of the molecule is CC(=O)NC1C(OCCOCCNC(=O)CCC(=O)CC(C(=O)O)C(C)(O)C(=O)O)OC(COC(C)=O)C(C)C1OC(C)=O. The van der Waals surface area contributed by atoms with Crippen molar-refractivity contribution in [1.82, 2.24) is 10.6 Å². The monoisotopic (exact) mass is 634 g/mol. The van der Waals surface area contributed by atoms with Gasteiger partial charge in [-0.05, 0) is 6.92 Å². The summed E-state index contributed by atoms with van der Waals surface area (Å²) in [6.07, 6.45) is -4.04. The molecule has 0 radical (unpaired) electrons. The predicted molar refractivity (Wildman–Crippen MR) is 146 cm³/mol. The molecule has 0 aromatic heterocycles. The van der Waals surface area contributed by atoms with Gasteiger partial charge in [0.1, 0.15) is 36.6 Å². The molecule has 0 bridgehead atoms. The van der Waals surface area contributed by atoms with Gasteiger partial charge in [0.2, 0.25) is 11.8 Å². The molecule has 1 aliphatic rings. The summed E-state index contributed by atoms with van der Waals surface area (Å²) in [6, 6.07) is -0.872. The first-order chi connectivity index (χ1) is 20.5. The maximum absolute atomic E-state index is 12.1. The summed E-state index contributed by atoms with van der Waals surface area (Å²) in [5.41, 5.74) is -2.66. The Morgan fingerprint density at radius 3 is 2.16 bits per heavy atom. The van der Waals surface area contributed by atoms with E-state index in [2.05, 4.69) is 10.6 Å². The zero-order valence-corrected chi connectivity index (χ0v) is 25.4. The molecule has 7 unspecified atom stereocenters. The van der Waals surface area contributed by atoms with Crippen LogP contribution < -0.4 is 10.6 Å². The summed E-state index contributed by atoms with van der Waals surface area (Å²) in [6.45, 7) is 6.21. The first kappa shape index (κ1) is 38.4. The highest BCUT2D eigenvalue weighted by molar-refractivity contribution is 5.91. The smallest absolute Gasteiger partial charge is 0.336 e. The maximum atomic E-state index is 12.1. The summed E-state index contributed by atoms with van der Waals surface area (Å²) >= 11 is 0. The summed E-state index contributed by atoms with van der Waals surface area (Å²) in [7, 11) is 0. The molecule has 1 saturated heterocycles. The van der Waals surface area contributed by atoms with Gasteiger partial charge in [-0.15, -0.1) is 0 Å². The van der Waals surface area contributed by atoms with Crippen LogP contribution in [0.5, 0.6) is 0 Å². The molecule has 1 rings (SSSR count). The van der Waals surface area contributed by atoms with Gasteiger partial charge in [0.25, 0.3) is 0 Å². The number of ketones is 1. The van der Waals surface area contributed by atoms with Crippen LogP contribution in [0, 0.1) is 11.8 Å². The van der Waals surface area contributed by atoms with Crippen LogP contribution in [0.2, 0.25) is 0 Å². The number of hydrogen-bond donors (Lipinski definition) is 5.